The number of nitrogens with one attached hydrogen (secondary N) is 2. The van der Waals surface area contributed by atoms with Crippen LogP contribution in [-0.4, -0.2) is 76.1 Å². The molecule has 0 atom stereocenters. The van der Waals surface area contributed by atoms with E-state index in [9.17, 15) is 9.59 Å². The quantitative estimate of drug-likeness (QED) is 0.255. The normalized spacial score (nSPS) is 13.3. The number of carbonyl (C=O) groups is 2. The summed E-state index contributed by atoms with van der Waals surface area (Å²) in [5.41, 5.74) is 9.53. The van der Waals surface area contributed by atoms with E-state index in [-0.39, 0.29) is 12.3 Å². The van der Waals surface area contributed by atoms with Gasteiger partial charge in [0.2, 0.25) is 5.91 Å². The summed E-state index contributed by atoms with van der Waals surface area (Å²) in [7, 11) is 5.12. The summed E-state index contributed by atoms with van der Waals surface area (Å²) in [4.78, 5) is 40.2. The zero-order valence-corrected chi connectivity index (χ0v) is 21.6. The number of amides is 2. The minimum atomic E-state index is -0.394. The maximum Gasteiger partial charge on any atom is 0.253 e. The number of methoxy groups -OCH3 is 1. The van der Waals surface area contributed by atoms with Gasteiger partial charge in [0.15, 0.2) is 5.65 Å². The molecule has 2 amide bonds. The van der Waals surface area contributed by atoms with Crippen LogP contribution in [0.25, 0.3) is 33.5 Å². The Hall–Kier alpha value is -4.28. The summed E-state index contributed by atoms with van der Waals surface area (Å²) in [6.07, 6.45) is 4.68. The van der Waals surface area contributed by atoms with Crippen molar-refractivity contribution in [3.8, 4) is 28.1 Å². The topological polar surface area (TPSA) is 124 Å². The number of fused-ring (bicyclic) bond motifs is 2. The summed E-state index contributed by atoms with van der Waals surface area (Å²) in [6.45, 7) is 2.02. The Morgan fingerprint density at radius 3 is 2.68 bits per heavy atom. The predicted molar refractivity (Wildman–Crippen MR) is 143 cm³/mol. The lowest BCUT2D eigenvalue weighted by Gasteiger charge is -2.30. The fourth-order valence-corrected chi connectivity index (χ4v) is 4.82. The smallest absolute Gasteiger partial charge is 0.253 e. The van der Waals surface area contributed by atoms with Gasteiger partial charge in [-0.3, -0.25) is 19.7 Å². The van der Waals surface area contributed by atoms with Crippen LogP contribution in [0.3, 0.4) is 0 Å². The maximum atomic E-state index is 12.3. The zero-order chi connectivity index (χ0) is 26.8. The third-order valence-electron chi connectivity index (χ3n) is 6.91. The molecule has 0 spiro atoms. The molecule has 0 aliphatic carbocycles. The van der Waals surface area contributed by atoms with E-state index in [0.29, 0.717) is 24.3 Å². The molecule has 2 aromatic carbocycles. The lowest BCUT2D eigenvalue weighted by Crippen LogP contribution is -2.34. The van der Waals surface area contributed by atoms with Crippen LogP contribution in [0.2, 0.25) is 0 Å². The molecule has 10 heteroatoms. The van der Waals surface area contributed by atoms with Gasteiger partial charge in [0, 0.05) is 68.6 Å². The Bertz CT molecular complexity index is 1480. The molecule has 0 radical (unpaired) electrons. The average molecular weight is 515 g/mol. The Morgan fingerprint density at radius 2 is 1.97 bits per heavy atom. The molecule has 4 aromatic rings. The van der Waals surface area contributed by atoms with Crippen LogP contribution in [0, 0.1) is 0 Å². The average Bonchev–Trinajstić information content (AvgIpc) is 3.38. The minimum Gasteiger partial charge on any atom is -0.496 e. The number of ether oxygens (including phenoxy) is 1. The van der Waals surface area contributed by atoms with Gasteiger partial charge in [0.25, 0.3) is 5.91 Å². The van der Waals surface area contributed by atoms with Crippen molar-refractivity contribution in [3.63, 3.8) is 0 Å². The van der Waals surface area contributed by atoms with Crippen molar-refractivity contribution < 1.29 is 19.5 Å². The molecule has 0 fully saturated rings. The van der Waals surface area contributed by atoms with Gasteiger partial charge >= 0.3 is 0 Å². The monoisotopic (exact) mass is 514 g/mol. The molecule has 3 N–H and O–H groups in total. The molecule has 38 heavy (non-hydrogen) atoms. The molecule has 3 heterocycles. The fraction of sp³-hybridized carbons (Fsp3) is 0.286. The highest BCUT2D eigenvalue weighted by Gasteiger charge is 2.22. The van der Waals surface area contributed by atoms with Gasteiger partial charge in [0.1, 0.15) is 11.3 Å². The lowest BCUT2D eigenvalue weighted by molar-refractivity contribution is -0.129. The van der Waals surface area contributed by atoms with Gasteiger partial charge in [-0.2, -0.15) is 0 Å². The number of hydroxylamine groups is 1. The summed E-state index contributed by atoms with van der Waals surface area (Å²) in [6, 6.07) is 11.6. The number of aromatic nitrogens is 3. The van der Waals surface area contributed by atoms with E-state index in [1.807, 2.05) is 36.5 Å². The molecule has 1 aliphatic rings. The Labute approximate surface area is 220 Å². The molecule has 2 aromatic heterocycles. The minimum absolute atomic E-state index is 0.0438. The van der Waals surface area contributed by atoms with Gasteiger partial charge in [-0.1, -0.05) is 12.1 Å². The third-order valence-corrected chi connectivity index (χ3v) is 6.91. The first-order valence-corrected chi connectivity index (χ1v) is 12.4. The number of nitrogens with zero attached hydrogens (tertiary/aromatic N) is 4. The molecule has 1 aliphatic heterocycles. The van der Waals surface area contributed by atoms with Gasteiger partial charge in [-0.15, -0.1) is 0 Å². The number of hydrogen-bond acceptors (Lipinski definition) is 7. The molecular formula is C28H30N6O4. The molecule has 10 nitrogen and oxygen atoms in total. The third kappa shape index (κ3) is 4.96. The number of carbonyl (C=O) groups excluding carboxylic acids is 2. The van der Waals surface area contributed by atoms with Crippen molar-refractivity contribution in [2.45, 2.75) is 19.4 Å². The van der Waals surface area contributed by atoms with Gasteiger partial charge in [-0.05, 0) is 41.8 Å². The van der Waals surface area contributed by atoms with Crippen molar-refractivity contribution >= 4 is 23.0 Å². The maximum absolute atomic E-state index is 12.3. The van der Waals surface area contributed by atoms with Crippen molar-refractivity contribution in [2.75, 3.05) is 34.3 Å². The van der Waals surface area contributed by atoms with Crippen molar-refractivity contribution in [2.24, 2.45) is 0 Å². The Kier molecular flexibility index (Phi) is 7.08. The van der Waals surface area contributed by atoms with Crippen LogP contribution in [0.4, 0.5) is 0 Å². The van der Waals surface area contributed by atoms with Crippen LogP contribution in [-0.2, 0) is 17.8 Å². The molecule has 196 valence electrons. The number of H-pyrrole nitrogens is 1. The van der Waals surface area contributed by atoms with Crippen LogP contribution < -0.4 is 10.2 Å². The van der Waals surface area contributed by atoms with Crippen LogP contribution in [0.1, 0.15) is 27.9 Å². The first-order chi connectivity index (χ1) is 18.4. The van der Waals surface area contributed by atoms with Crippen molar-refractivity contribution in [1.29, 1.82) is 0 Å². The van der Waals surface area contributed by atoms with E-state index in [1.165, 1.54) is 5.56 Å². The number of hydrogen-bond donors (Lipinski definition) is 3. The second-order valence-electron chi connectivity index (χ2n) is 9.56. The van der Waals surface area contributed by atoms with E-state index in [4.69, 9.17) is 14.9 Å². The molecule has 5 rings (SSSR count). The van der Waals surface area contributed by atoms with Gasteiger partial charge in [-0.25, -0.2) is 15.4 Å². The molecule has 0 unspecified atom stereocenters. The van der Waals surface area contributed by atoms with E-state index < -0.39 is 5.91 Å². The SMILES string of the molecule is COc1cc(-c2cnc3[nH]cc(-c4ccc(C(=O)N(C)C)cc4)c3n2)cc2c1CN(CCC(=O)NO)CC2. The zero-order valence-electron chi connectivity index (χ0n) is 21.6. The fourth-order valence-electron chi connectivity index (χ4n) is 4.82. The number of rotatable bonds is 7. The summed E-state index contributed by atoms with van der Waals surface area (Å²) in [5.74, 6) is 0.332. The van der Waals surface area contributed by atoms with Crippen molar-refractivity contribution in [3.05, 3.63) is 65.5 Å². The second kappa shape index (κ2) is 10.6. The summed E-state index contributed by atoms with van der Waals surface area (Å²) >= 11 is 0. The predicted octanol–water partition coefficient (Wildman–Crippen LogP) is 3.26. The molecular weight excluding hydrogens is 484 g/mol. The molecule has 0 saturated carbocycles. The number of aromatic amines is 1. The van der Waals surface area contributed by atoms with Crippen LogP contribution >= 0.6 is 0 Å². The summed E-state index contributed by atoms with van der Waals surface area (Å²) in [5, 5.41) is 8.76. The van der Waals surface area contributed by atoms with Crippen LogP contribution in [0.5, 0.6) is 5.75 Å². The highest BCUT2D eigenvalue weighted by Crippen LogP contribution is 2.35. The largest absolute Gasteiger partial charge is 0.496 e. The first-order valence-electron chi connectivity index (χ1n) is 12.4. The van der Waals surface area contributed by atoms with E-state index in [1.54, 1.807) is 37.8 Å². The first kappa shape index (κ1) is 25.4. The number of benzene rings is 2. The van der Waals surface area contributed by atoms with Crippen LogP contribution in [0.15, 0.2) is 48.8 Å². The van der Waals surface area contributed by atoms with E-state index in [0.717, 1.165) is 52.2 Å². The summed E-state index contributed by atoms with van der Waals surface area (Å²) < 4.78 is 5.75. The molecule has 0 saturated heterocycles. The molecule has 0 bridgehead atoms. The highest BCUT2D eigenvalue weighted by atomic mass is 16.5. The van der Waals surface area contributed by atoms with Crippen molar-refractivity contribution in [1.82, 2.24) is 30.2 Å². The van der Waals surface area contributed by atoms with Gasteiger partial charge < -0.3 is 14.6 Å². The Morgan fingerprint density at radius 1 is 1.18 bits per heavy atom. The van der Waals surface area contributed by atoms with E-state index in [2.05, 4.69) is 20.9 Å². The lowest BCUT2D eigenvalue weighted by atomic mass is 9.95. The van der Waals surface area contributed by atoms with E-state index >= 15 is 0 Å². The van der Waals surface area contributed by atoms with Gasteiger partial charge in [0.05, 0.1) is 19.0 Å². The highest BCUT2D eigenvalue weighted by molar-refractivity contribution is 5.96. The second-order valence-corrected chi connectivity index (χ2v) is 9.56. The Balaban J connectivity index is 1.45. The standard InChI is InChI=1S/C28H30N6O4/c1-33(2)28(36)18-6-4-17(5-7-18)21-14-29-27-26(21)31-23(15-30-27)20-12-19-8-10-34(11-9-25(35)32-37)16-22(19)24(13-20)38-3/h4-7,12-15,37H,8-11,16H2,1-3H3,(H,29,30)(H,32,35).